The Bertz CT molecular complexity index is 1550. The fourth-order valence-corrected chi connectivity index (χ4v) is 10.5. The lowest BCUT2D eigenvalue weighted by molar-refractivity contribution is -0.161. The van der Waals surface area contributed by atoms with Crippen molar-refractivity contribution >= 4 is 39.5 Å². The predicted octanol–water partition coefficient (Wildman–Crippen LogP) is 16.2. The summed E-state index contributed by atoms with van der Waals surface area (Å²) in [4.78, 5) is 71.9. The molecule has 3 N–H and O–H groups in total. The van der Waals surface area contributed by atoms with Gasteiger partial charge < -0.3 is 33.8 Å². The summed E-state index contributed by atoms with van der Waals surface area (Å²) in [5, 5.41) is 10.5. The van der Waals surface area contributed by atoms with Crippen LogP contribution in [0.4, 0.5) is 0 Å². The number of hydrogen-bond acceptors (Lipinski definition) is 15. The Hall–Kier alpha value is -1.94. The van der Waals surface area contributed by atoms with Crippen LogP contribution < -0.4 is 0 Å². The van der Waals surface area contributed by atoms with Crippen LogP contribution in [0.3, 0.4) is 0 Å². The molecule has 2 unspecified atom stereocenters. The van der Waals surface area contributed by atoms with E-state index in [1.165, 1.54) is 109 Å². The molecule has 0 fully saturated rings. The molecule has 0 radical (unpaired) electrons. The highest BCUT2D eigenvalue weighted by molar-refractivity contribution is 7.47. The Kier molecular flexibility index (Phi) is 52.7. The van der Waals surface area contributed by atoms with Gasteiger partial charge in [0.1, 0.15) is 19.3 Å². The maximum absolute atomic E-state index is 12.9. The number of aliphatic hydroxyl groups is 1. The largest absolute Gasteiger partial charge is 0.472 e. The first-order valence-electron chi connectivity index (χ1n) is 31.6. The Labute approximate surface area is 479 Å². The lowest BCUT2D eigenvalue weighted by Gasteiger charge is -2.21. The second-order valence-electron chi connectivity index (χ2n) is 22.2. The van der Waals surface area contributed by atoms with Gasteiger partial charge in [-0.2, -0.15) is 0 Å². The lowest BCUT2D eigenvalue weighted by Crippen LogP contribution is -2.30. The summed E-state index contributed by atoms with van der Waals surface area (Å²) in [6, 6.07) is 0. The number of esters is 4. The van der Waals surface area contributed by atoms with Crippen molar-refractivity contribution in [3.63, 3.8) is 0 Å². The number of hydrogen-bond donors (Lipinski definition) is 3. The van der Waals surface area contributed by atoms with Crippen molar-refractivity contribution in [1.29, 1.82) is 0 Å². The number of ether oxygens (including phenoxy) is 4. The van der Waals surface area contributed by atoms with E-state index in [1.807, 2.05) is 0 Å². The van der Waals surface area contributed by atoms with Crippen LogP contribution in [-0.4, -0.2) is 96.7 Å². The molecule has 5 atom stereocenters. The first-order valence-corrected chi connectivity index (χ1v) is 34.6. The molecule has 0 aliphatic rings. The van der Waals surface area contributed by atoms with Gasteiger partial charge in [-0.15, -0.1) is 0 Å². The fourth-order valence-electron chi connectivity index (χ4n) is 8.88. The molecule has 0 aromatic carbocycles. The zero-order chi connectivity index (χ0) is 58.5. The van der Waals surface area contributed by atoms with Gasteiger partial charge in [-0.05, 0) is 31.6 Å². The third-order valence-corrected chi connectivity index (χ3v) is 15.7. The second kappa shape index (κ2) is 54.0. The number of phosphoric ester groups is 2. The van der Waals surface area contributed by atoms with Gasteiger partial charge in [-0.1, -0.05) is 247 Å². The molecule has 0 aromatic heterocycles. The fraction of sp³-hybridized carbons (Fsp3) is 0.933. The van der Waals surface area contributed by atoms with E-state index >= 15 is 0 Å². The summed E-state index contributed by atoms with van der Waals surface area (Å²) in [5.74, 6) is -1.41. The molecular weight excluding hydrogens is 1050 g/mol. The molecular formula is C60H116O17P2. The third kappa shape index (κ3) is 55.0. The Balaban J connectivity index is 5.21. The van der Waals surface area contributed by atoms with Crippen LogP contribution in [0.2, 0.25) is 0 Å². The second-order valence-corrected chi connectivity index (χ2v) is 25.1. The molecule has 0 heterocycles. The Morgan fingerprint density at radius 1 is 0.342 bits per heavy atom. The van der Waals surface area contributed by atoms with Gasteiger partial charge in [-0.3, -0.25) is 37.3 Å². The number of phosphoric acid groups is 2. The number of rotatable bonds is 60. The first kappa shape index (κ1) is 77.1. The van der Waals surface area contributed by atoms with Crippen LogP contribution in [0.1, 0.15) is 298 Å². The molecule has 0 amide bonds. The zero-order valence-corrected chi connectivity index (χ0v) is 52.3. The van der Waals surface area contributed by atoms with Crippen molar-refractivity contribution in [3.8, 4) is 0 Å². The molecule has 0 aromatic rings. The highest BCUT2D eigenvalue weighted by Crippen LogP contribution is 2.45. The van der Waals surface area contributed by atoms with Crippen molar-refractivity contribution in [2.45, 2.75) is 316 Å². The van der Waals surface area contributed by atoms with E-state index in [-0.39, 0.29) is 25.7 Å². The molecule has 19 heteroatoms. The van der Waals surface area contributed by atoms with E-state index in [4.69, 9.17) is 37.0 Å². The highest BCUT2D eigenvalue weighted by atomic mass is 31.2. The van der Waals surface area contributed by atoms with Crippen LogP contribution in [0.5, 0.6) is 0 Å². The van der Waals surface area contributed by atoms with Crippen LogP contribution in [-0.2, 0) is 65.4 Å². The van der Waals surface area contributed by atoms with Gasteiger partial charge in [-0.25, -0.2) is 9.13 Å². The van der Waals surface area contributed by atoms with Crippen LogP contribution in [0.15, 0.2) is 0 Å². The minimum absolute atomic E-state index is 0.105. The summed E-state index contributed by atoms with van der Waals surface area (Å²) in [7, 11) is -9.87. The SMILES string of the molecule is CCCCCCCCCCCCCC(=O)OC[C@H](COP(=O)(O)OC[C@@H](O)COP(=O)(O)OC[C@@H](COC(=O)CCCCCCCCCC)OC(=O)CCCCCCCCCC)OC(=O)CCCCCCCCCCCC(C)C. The topological polar surface area (TPSA) is 237 Å². The van der Waals surface area contributed by atoms with E-state index in [0.29, 0.717) is 25.7 Å². The van der Waals surface area contributed by atoms with Crippen molar-refractivity contribution in [1.82, 2.24) is 0 Å². The molecule has 0 saturated heterocycles. The van der Waals surface area contributed by atoms with E-state index in [2.05, 4.69) is 34.6 Å². The van der Waals surface area contributed by atoms with Crippen molar-refractivity contribution < 1.29 is 80.2 Å². The van der Waals surface area contributed by atoms with Gasteiger partial charge in [0.25, 0.3) is 0 Å². The molecule has 17 nitrogen and oxygen atoms in total. The number of carbonyl (C=O) groups is 4. The summed E-state index contributed by atoms with van der Waals surface area (Å²) in [6.07, 6.45) is 36.2. The Morgan fingerprint density at radius 3 is 0.861 bits per heavy atom. The molecule has 0 spiro atoms. The monoisotopic (exact) mass is 1170 g/mol. The lowest BCUT2D eigenvalue weighted by atomic mass is 10.0. The van der Waals surface area contributed by atoms with E-state index in [0.717, 1.165) is 109 Å². The van der Waals surface area contributed by atoms with Gasteiger partial charge in [0.05, 0.1) is 26.4 Å². The molecule has 79 heavy (non-hydrogen) atoms. The maximum atomic E-state index is 12.9. The van der Waals surface area contributed by atoms with Crippen molar-refractivity contribution in [2.75, 3.05) is 39.6 Å². The third-order valence-electron chi connectivity index (χ3n) is 13.8. The van der Waals surface area contributed by atoms with Gasteiger partial charge in [0, 0.05) is 25.7 Å². The van der Waals surface area contributed by atoms with E-state index in [1.54, 1.807) is 0 Å². The number of unbranched alkanes of at least 4 members (excludes halogenated alkanes) is 32. The van der Waals surface area contributed by atoms with Crippen LogP contribution in [0.25, 0.3) is 0 Å². The molecule has 0 aliphatic heterocycles. The van der Waals surface area contributed by atoms with Crippen LogP contribution >= 0.6 is 15.6 Å². The van der Waals surface area contributed by atoms with Crippen molar-refractivity contribution in [3.05, 3.63) is 0 Å². The summed E-state index contributed by atoms with van der Waals surface area (Å²) < 4.78 is 67.7. The smallest absolute Gasteiger partial charge is 0.462 e. The highest BCUT2D eigenvalue weighted by Gasteiger charge is 2.30. The average molecular weight is 1170 g/mol. The van der Waals surface area contributed by atoms with Crippen LogP contribution in [0, 0.1) is 5.92 Å². The normalized spacial score (nSPS) is 14.3. The van der Waals surface area contributed by atoms with Gasteiger partial charge in [0.15, 0.2) is 12.2 Å². The average Bonchev–Trinajstić information content (AvgIpc) is 3.41. The zero-order valence-electron chi connectivity index (χ0n) is 50.5. The maximum Gasteiger partial charge on any atom is 0.472 e. The quantitative estimate of drug-likeness (QED) is 0.0222. The van der Waals surface area contributed by atoms with Crippen molar-refractivity contribution in [2.24, 2.45) is 5.92 Å². The molecule has 0 aliphatic carbocycles. The predicted molar refractivity (Wildman–Crippen MR) is 312 cm³/mol. The minimum atomic E-state index is -4.94. The van der Waals surface area contributed by atoms with Gasteiger partial charge >= 0.3 is 39.5 Å². The minimum Gasteiger partial charge on any atom is -0.462 e. The molecule has 468 valence electrons. The number of carbonyl (C=O) groups excluding carboxylic acids is 4. The molecule has 0 rings (SSSR count). The summed E-state index contributed by atoms with van der Waals surface area (Å²) in [5.41, 5.74) is 0. The van der Waals surface area contributed by atoms with E-state index in [9.17, 15) is 43.2 Å². The summed E-state index contributed by atoms with van der Waals surface area (Å²) >= 11 is 0. The number of aliphatic hydroxyl groups excluding tert-OH is 1. The first-order chi connectivity index (χ1) is 38.0. The standard InChI is InChI=1S/C60H116O17P2/c1-6-9-12-15-18-21-22-25-30-34-39-44-58(63)71-50-56(77-60(65)46-41-36-31-26-23-24-27-32-37-42-53(4)5)52-75-79(68,69)73-48-54(61)47-72-78(66,67)74-51-55(76-59(64)45-40-35-29-20-17-14-11-8-3)49-70-57(62)43-38-33-28-19-16-13-10-7-2/h53-56,61H,6-52H2,1-5H3,(H,66,67)(H,68,69)/t54-,55+,56+/m0/s1. The molecule has 0 saturated carbocycles. The summed E-state index contributed by atoms with van der Waals surface area (Å²) in [6.45, 7) is 7.08. The molecule has 0 bridgehead atoms. The van der Waals surface area contributed by atoms with E-state index < -0.39 is 97.5 Å². The Morgan fingerprint density at radius 2 is 0.582 bits per heavy atom. The van der Waals surface area contributed by atoms with Gasteiger partial charge in [0.2, 0.25) is 0 Å².